The largest absolute Gasteiger partial charge is 0.349 e. The lowest BCUT2D eigenvalue weighted by molar-refractivity contribution is -0.0748. The maximum atomic E-state index is 11.6. The Hall–Kier alpha value is -1.20. The monoisotopic (exact) mass is 184 g/mol. The van der Waals surface area contributed by atoms with Crippen LogP contribution < -0.4 is 0 Å². The molecule has 0 fully saturated rings. The minimum absolute atomic E-state index is 0.280. The third-order valence-corrected chi connectivity index (χ3v) is 1.68. The predicted molar refractivity (Wildman–Crippen MR) is 45.3 cm³/mol. The van der Waals surface area contributed by atoms with E-state index in [9.17, 15) is 4.79 Å². The topological polar surface area (TPSA) is 53.4 Å². The Kier molecular flexibility index (Phi) is 3.16. The van der Waals surface area contributed by atoms with Crippen LogP contribution in [0.2, 0.25) is 0 Å². The molecule has 0 saturated carbocycles. The molecule has 13 heavy (non-hydrogen) atoms. The van der Waals surface area contributed by atoms with Crippen molar-refractivity contribution in [3.8, 4) is 0 Å². The Bertz CT molecular complexity index is 291. The minimum Gasteiger partial charge on any atom is -0.349 e. The lowest BCUT2D eigenvalue weighted by atomic mass is 10.3. The summed E-state index contributed by atoms with van der Waals surface area (Å²) in [6.45, 7) is 0. The van der Waals surface area contributed by atoms with E-state index in [0.29, 0.717) is 5.82 Å². The van der Waals surface area contributed by atoms with Gasteiger partial charge in [-0.3, -0.25) is 4.79 Å². The average molecular weight is 184 g/mol. The molecule has 0 aromatic carbocycles. The predicted octanol–water partition coefficient (Wildman–Crippen LogP) is 0.222. The van der Waals surface area contributed by atoms with Crippen LogP contribution in [0, 0.1) is 0 Å². The van der Waals surface area contributed by atoms with Crippen molar-refractivity contribution in [1.82, 2.24) is 9.55 Å². The van der Waals surface area contributed by atoms with E-state index in [1.165, 1.54) is 14.2 Å². The van der Waals surface area contributed by atoms with Crippen LogP contribution in [0.1, 0.15) is 10.6 Å². The molecule has 0 amide bonds. The van der Waals surface area contributed by atoms with Crippen LogP contribution in [-0.2, 0) is 16.5 Å². The molecule has 1 aromatic rings. The van der Waals surface area contributed by atoms with Crippen molar-refractivity contribution in [2.75, 3.05) is 14.2 Å². The summed E-state index contributed by atoms with van der Waals surface area (Å²) in [4.78, 5) is 15.4. The molecule has 1 heterocycles. The summed E-state index contributed by atoms with van der Waals surface area (Å²) < 4.78 is 11.2. The second-order valence-electron chi connectivity index (χ2n) is 2.53. The molecule has 0 aliphatic carbocycles. The SMILES string of the molecule is COC(OC)C(=O)c1nccn1C. The smallest absolute Gasteiger partial charge is 0.254 e. The highest BCUT2D eigenvalue weighted by Crippen LogP contribution is 2.03. The Morgan fingerprint density at radius 3 is 2.54 bits per heavy atom. The number of methoxy groups -OCH3 is 2. The molecule has 0 N–H and O–H groups in total. The molecule has 0 spiro atoms. The number of carbonyl (C=O) groups is 1. The zero-order valence-electron chi connectivity index (χ0n) is 7.85. The molecule has 0 aliphatic rings. The number of imidazole rings is 1. The highest BCUT2D eigenvalue weighted by atomic mass is 16.7. The van der Waals surface area contributed by atoms with E-state index >= 15 is 0 Å². The van der Waals surface area contributed by atoms with Gasteiger partial charge in [0.25, 0.3) is 5.78 Å². The van der Waals surface area contributed by atoms with Crippen LogP contribution in [0.15, 0.2) is 12.4 Å². The Balaban J connectivity index is 2.84. The van der Waals surface area contributed by atoms with E-state index in [-0.39, 0.29) is 5.78 Å². The van der Waals surface area contributed by atoms with Gasteiger partial charge < -0.3 is 14.0 Å². The molecule has 5 nitrogen and oxygen atoms in total. The number of ketones is 1. The molecule has 1 rings (SSSR count). The van der Waals surface area contributed by atoms with Gasteiger partial charge in [-0.2, -0.15) is 0 Å². The van der Waals surface area contributed by atoms with Crippen molar-refractivity contribution in [1.29, 1.82) is 0 Å². The van der Waals surface area contributed by atoms with Crippen molar-refractivity contribution in [2.24, 2.45) is 7.05 Å². The molecule has 0 saturated heterocycles. The van der Waals surface area contributed by atoms with E-state index in [1.54, 1.807) is 24.0 Å². The quantitative estimate of drug-likeness (QED) is 0.496. The van der Waals surface area contributed by atoms with E-state index in [2.05, 4.69) is 4.98 Å². The zero-order valence-corrected chi connectivity index (χ0v) is 7.85. The summed E-state index contributed by atoms with van der Waals surface area (Å²) in [5.41, 5.74) is 0. The minimum atomic E-state index is -0.874. The summed E-state index contributed by atoms with van der Waals surface area (Å²) in [5, 5.41) is 0. The van der Waals surface area contributed by atoms with Crippen LogP contribution in [0.3, 0.4) is 0 Å². The molecule has 0 radical (unpaired) electrons. The van der Waals surface area contributed by atoms with Crippen molar-refractivity contribution in [2.45, 2.75) is 6.29 Å². The Labute approximate surface area is 76.3 Å². The number of hydrogen-bond acceptors (Lipinski definition) is 4. The maximum Gasteiger partial charge on any atom is 0.254 e. The average Bonchev–Trinajstić information content (AvgIpc) is 2.53. The van der Waals surface area contributed by atoms with Crippen LogP contribution in [-0.4, -0.2) is 35.8 Å². The van der Waals surface area contributed by atoms with Crippen LogP contribution >= 0.6 is 0 Å². The van der Waals surface area contributed by atoms with Crippen LogP contribution in [0.4, 0.5) is 0 Å². The molecule has 0 bridgehead atoms. The molecule has 5 heteroatoms. The maximum absolute atomic E-state index is 11.6. The van der Waals surface area contributed by atoms with E-state index in [4.69, 9.17) is 9.47 Å². The van der Waals surface area contributed by atoms with E-state index in [1.807, 2.05) is 0 Å². The van der Waals surface area contributed by atoms with Gasteiger partial charge in [0.05, 0.1) is 0 Å². The number of rotatable bonds is 4. The summed E-state index contributed by atoms with van der Waals surface area (Å²) in [5.74, 6) is 0.0474. The molecular weight excluding hydrogens is 172 g/mol. The molecule has 72 valence electrons. The van der Waals surface area contributed by atoms with Crippen LogP contribution in [0.25, 0.3) is 0 Å². The third-order valence-electron chi connectivity index (χ3n) is 1.68. The zero-order chi connectivity index (χ0) is 9.84. The highest BCUT2D eigenvalue weighted by molar-refractivity contribution is 5.95. The number of hydrogen-bond donors (Lipinski definition) is 0. The molecule has 0 unspecified atom stereocenters. The first-order valence-corrected chi connectivity index (χ1v) is 3.77. The van der Waals surface area contributed by atoms with Crippen LogP contribution in [0.5, 0.6) is 0 Å². The number of aromatic nitrogens is 2. The third kappa shape index (κ3) is 1.93. The number of Topliss-reactive ketones (excluding diaryl/α,β-unsaturated/α-hetero) is 1. The summed E-state index contributed by atoms with van der Waals surface area (Å²) in [6, 6.07) is 0. The van der Waals surface area contributed by atoms with Gasteiger partial charge in [-0.05, 0) is 0 Å². The van der Waals surface area contributed by atoms with Gasteiger partial charge in [0.15, 0.2) is 5.82 Å². The van der Waals surface area contributed by atoms with Crippen molar-refractivity contribution >= 4 is 5.78 Å². The lowest BCUT2D eigenvalue weighted by Crippen LogP contribution is -2.27. The van der Waals surface area contributed by atoms with Gasteiger partial charge in [-0.25, -0.2) is 4.98 Å². The standard InChI is InChI=1S/C8H12N2O3/c1-10-5-4-9-7(10)6(11)8(12-2)13-3/h4-5,8H,1-3H3. The van der Waals surface area contributed by atoms with Crippen molar-refractivity contribution in [3.05, 3.63) is 18.2 Å². The summed E-state index contributed by atoms with van der Waals surface area (Å²) in [7, 11) is 4.56. The van der Waals surface area contributed by atoms with Crippen molar-refractivity contribution < 1.29 is 14.3 Å². The summed E-state index contributed by atoms with van der Waals surface area (Å²) in [6.07, 6.45) is 2.37. The molecule has 0 aliphatic heterocycles. The first-order chi connectivity index (χ1) is 6.20. The molecule has 0 atom stereocenters. The van der Waals surface area contributed by atoms with Crippen molar-refractivity contribution in [3.63, 3.8) is 0 Å². The van der Waals surface area contributed by atoms with Gasteiger partial charge in [-0.1, -0.05) is 0 Å². The normalized spacial score (nSPS) is 10.8. The van der Waals surface area contributed by atoms with Gasteiger partial charge in [0.1, 0.15) is 0 Å². The molecule has 1 aromatic heterocycles. The first-order valence-electron chi connectivity index (χ1n) is 3.77. The fraction of sp³-hybridized carbons (Fsp3) is 0.500. The van der Waals surface area contributed by atoms with Gasteiger partial charge in [-0.15, -0.1) is 0 Å². The highest BCUT2D eigenvalue weighted by Gasteiger charge is 2.22. The first kappa shape index (κ1) is 9.88. The number of aryl methyl sites for hydroxylation is 1. The number of ether oxygens (including phenoxy) is 2. The fourth-order valence-corrected chi connectivity index (χ4v) is 1.02. The Morgan fingerprint density at radius 1 is 1.54 bits per heavy atom. The van der Waals surface area contributed by atoms with E-state index in [0.717, 1.165) is 0 Å². The molecular formula is C8H12N2O3. The number of carbonyl (C=O) groups excluding carboxylic acids is 1. The van der Waals surface area contributed by atoms with Gasteiger partial charge in [0, 0.05) is 33.7 Å². The second kappa shape index (κ2) is 4.15. The fourth-order valence-electron chi connectivity index (χ4n) is 1.02. The number of nitrogens with zero attached hydrogens (tertiary/aromatic N) is 2. The van der Waals surface area contributed by atoms with Gasteiger partial charge in [0.2, 0.25) is 6.29 Å². The van der Waals surface area contributed by atoms with Gasteiger partial charge >= 0.3 is 0 Å². The Morgan fingerprint density at radius 2 is 2.15 bits per heavy atom. The second-order valence-corrected chi connectivity index (χ2v) is 2.53. The lowest BCUT2D eigenvalue weighted by Gasteiger charge is -2.10. The van der Waals surface area contributed by atoms with E-state index < -0.39 is 6.29 Å². The summed E-state index contributed by atoms with van der Waals surface area (Å²) >= 11 is 0.